The van der Waals surface area contributed by atoms with Gasteiger partial charge in [-0.25, -0.2) is 0 Å². The van der Waals surface area contributed by atoms with E-state index in [0.29, 0.717) is 0 Å². The van der Waals surface area contributed by atoms with Crippen molar-refractivity contribution in [2.75, 3.05) is 12.0 Å². The molecular weight excluding hydrogens is 378 g/mol. The molecule has 0 saturated heterocycles. The van der Waals surface area contributed by atoms with Gasteiger partial charge in [-0.2, -0.15) is 0 Å². The van der Waals surface area contributed by atoms with Crippen LogP contribution in [0.5, 0.6) is 0 Å². The predicted octanol–water partition coefficient (Wildman–Crippen LogP) is 6.99. The lowest BCUT2D eigenvalue weighted by atomic mass is 10.0. The molecule has 0 aromatic heterocycles. The molecule has 0 spiro atoms. The molecule has 124 valence electrons. The van der Waals surface area contributed by atoms with Crippen molar-refractivity contribution < 1.29 is 0 Å². The molecule has 0 aliphatic heterocycles. The van der Waals surface area contributed by atoms with E-state index in [0.717, 1.165) is 5.45 Å². The van der Waals surface area contributed by atoms with Crippen LogP contribution in [0.4, 0.5) is 0 Å². The van der Waals surface area contributed by atoms with Gasteiger partial charge in [0.1, 0.15) is 0 Å². The highest BCUT2D eigenvalue weighted by Gasteiger charge is 1.93. The first-order valence-electron chi connectivity index (χ1n) is 8.68. The minimum absolute atomic E-state index is 0. The summed E-state index contributed by atoms with van der Waals surface area (Å²) in [6.07, 6.45) is 20.2. The molecule has 20 heavy (non-hydrogen) atoms. The summed E-state index contributed by atoms with van der Waals surface area (Å²) in [5, 5.41) is 3.31. The number of nitrogens with one attached hydrogen (secondary N) is 1. The molecule has 0 radical (unpaired) electrons. The average molecular weight is 415 g/mol. The number of halogens is 2. The van der Waals surface area contributed by atoms with Gasteiger partial charge in [0.2, 0.25) is 0 Å². The van der Waals surface area contributed by atoms with Gasteiger partial charge in [-0.1, -0.05) is 106 Å². The van der Waals surface area contributed by atoms with E-state index >= 15 is 0 Å². The maximum absolute atomic E-state index is 3.38. The summed E-state index contributed by atoms with van der Waals surface area (Å²) in [5.41, 5.74) is 0.936. The van der Waals surface area contributed by atoms with E-state index in [1.165, 1.54) is 96.4 Å². The second kappa shape index (κ2) is 22.2. The van der Waals surface area contributed by atoms with Gasteiger partial charge < -0.3 is 5.32 Å². The van der Waals surface area contributed by atoms with E-state index in [2.05, 4.69) is 28.2 Å². The molecular formula is C17H37Br2N. The fourth-order valence-corrected chi connectivity index (χ4v) is 2.79. The summed E-state index contributed by atoms with van der Waals surface area (Å²) in [4.78, 5) is 0. The lowest BCUT2D eigenvalue weighted by molar-refractivity contribution is 0.533. The third kappa shape index (κ3) is 21.2. The van der Waals surface area contributed by atoms with Gasteiger partial charge in [0.15, 0.2) is 0 Å². The van der Waals surface area contributed by atoms with Crippen LogP contribution < -0.4 is 5.32 Å². The Labute approximate surface area is 147 Å². The summed E-state index contributed by atoms with van der Waals surface area (Å²) >= 11 is 3.38. The second-order valence-electron chi connectivity index (χ2n) is 5.73. The smallest absolute Gasteiger partial charge is 0.0517 e. The number of rotatable bonds is 16. The minimum Gasteiger partial charge on any atom is -0.307 e. The normalized spacial score (nSPS) is 10.5. The van der Waals surface area contributed by atoms with E-state index in [4.69, 9.17) is 0 Å². The van der Waals surface area contributed by atoms with Crippen molar-refractivity contribution >= 4 is 32.9 Å². The molecule has 0 saturated carbocycles. The summed E-state index contributed by atoms with van der Waals surface area (Å²) < 4.78 is 0. The highest BCUT2D eigenvalue weighted by molar-refractivity contribution is 9.09. The highest BCUT2D eigenvalue weighted by Crippen LogP contribution is 2.12. The van der Waals surface area contributed by atoms with Gasteiger partial charge in [-0.05, 0) is 13.0 Å². The van der Waals surface area contributed by atoms with Crippen LogP contribution in [0.25, 0.3) is 0 Å². The van der Waals surface area contributed by atoms with Gasteiger partial charge in [0, 0.05) is 0 Å². The summed E-state index contributed by atoms with van der Waals surface area (Å²) in [6, 6.07) is 0. The van der Waals surface area contributed by atoms with Crippen molar-refractivity contribution in [1.29, 1.82) is 0 Å². The summed E-state index contributed by atoms with van der Waals surface area (Å²) in [5.74, 6) is 0. The molecule has 1 nitrogen and oxygen atoms in total. The Hall–Kier alpha value is 0.920. The third-order valence-electron chi connectivity index (χ3n) is 3.80. The Balaban J connectivity index is 0. The molecule has 0 fully saturated rings. The Kier molecular flexibility index (Phi) is 25.7. The molecule has 0 amide bonds. The lowest BCUT2D eigenvalue weighted by Crippen LogP contribution is -2.11. The number of hydrogen-bond donors (Lipinski definition) is 1. The first-order chi connectivity index (χ1) is 9.41. The number of hydrogen-bond acceptors (Lipinski definition) is 1. The van der Waals surface area contributed by atoms with Crippen molar-refractivity contribution in [1.82, 2.24) is 5.32 Å². The van der Waals surface area contributed by atoms with E-state index in [1.807, 2.05) is 0 Å². The Morgan fingerprint density at radius 2 is 0.950 bits per heavy atom. The number of alkyl halides is 1. The van der Waals surface area contributed by atoms with E-state index in [1.54, 1.807) is 0 Å². The molecule has 0 unspecified atom stereocenters. The molecule has 0 heterocycles. The first kappa shape index (κ1) is 23.2. The average Bonchev–Trinajstić information content (AvgIpc) is 2.43. The van der Waals surface area contributed by atoms with Gasteiger partial charge in [0.05, 0.1) is 5.45 Å². The first-order valence-corrected chi connectivity index (χ1v) is 9.80. The van der Waals surface area contributed by atoms with Crippen LogP contribution in [0.1, 0.15) is 96.8 Å². The van der Waals surface area contributed by atoms with Crippen molar-refractivity contribution in [3.8, 4) is 0 Å². The molecule has 0 aliphatic rings. The third-order valence-corrected chi connectivity index (χ3v) is 4.20. The van der Waals surface area contributed by atoms with Crippen LogP contribution >= 0.6 is 32.9 Å². The fraction of sp³-hybridized carbons (Fsp3) is 1.00. The summed E-state index contributed by atoms with van der Waals surface area (Å²) in [7, 11) is 0. The summed E-state index contributed by atoms with van der Waals surface area (Å²) in [6.45, 7) is 3.46. The molecule has 0 atom stereocenters. The maximum atomic E-state index is 3.38. The molecule has 0 aromatic rings. The largest absolute Gasteiger partial charge is 0.307 e. The van der Waals surface area contributed by atoms with Crippen molar-refractivity contribution in [3.05, 3.63) is 0 Å². The van der Waals surface area contributed by atoms with Crippen LogP contribution in [-0.4, -0.2) is 12.0 Å². The topological polar surface area (TPSA) is 12.0 Å². The molecule has 3 heteroatoms. The van der Waals surface area contributed by atoms with Crippen LogP contribution in [-0.2, 0) is 0 Å². The number of unbranched alkanes of at least 4 members (excludes halogenated alkanes) is 13. The Bertz CT molecular complexity index is 138. The second-order valence-corrected chi connectivity index (χ2v) is 6.29. The monoisotopic (exact) mass is 413 g/mol. The van der Waals surface area contributed by atoms with E-state index in [-0.39, 0.29) is 17.0 Å². The van der Waals surface area contributed by atoms with Crippen LogP contribution in [0.15, 0.2) is 0 Å². The van der Waals surface area contributed by atoms with E-state index in [9.17, 15) is 0 Å². The molecule has 0 aromatic carbocycles. The van der Waals surface area contributed by atoms with Crippen molar-refractivity contribution in [2.45, 2.75) is 96.8 Å². The molecule has 1 N–H and O–H groups in total. The van der Waals surface area contributed by atoms with Gasteiger partial charge in [-0.15, -0.1) is 17.0 Å². The van der Waals surface area contributed by atoms with E-state index < -0.39 is 0 Å². The Morgan fingerprint density at radius 1 is 0.600 bits per heavy atom. The van der Waals surface area contributed by atoms with Crippen LogP contribution in [0, 0.1) is 0 Å². The highest BCUT2D eigenvalue weighted by atomic mass is 79.9. The predicted molar refractivity (Wildman–Crippen MR) is 102 cm³/mol. The van der Waals surface area contributed by atoms with Gasteiger partial charge >= 0.3 is 0 Å². The zero-order chi connectivity index (χ0) is 14.0. The SMILES string of the molecule is Br.CCCCCCCCCCCCCCCCNCBr. The lowest BCUT2D eigenvalue weighted by Gasteiger charge is -2.03. The fourth-order valence-electron chi connectivity index (χ4n) is 2.51. The zero-order valence-electron chi connectivity index (χ0n) is 13.6. The molecule has 0 bridgehead atoms. The zero-order valence-corrected chi connectivity index (χ0v) is 16.9. The Morgan fingerprint density at radius 3 is 1.30 bits per heavy atom. The van der Waals surface area contributed by atoms with Crippen LogP contribution in [0.2, 0.25) is 0 Å². The minimum atomic E-state index is 0. The van der Waals surface area contributed by atoms with Crippen molar-refractivity contribution in [3.63, 3.8) is 0 Å². The van der Waals surface area contributed by atoms with Crippen LogP contribution in [0.3, 0.4) is 0 Å². The molecule has 0 rings (SSSR count). The quantitative estimate of drug-likeness (QED) is 0.163. The van der Waals surface area contributed by atoms with Gasteiger partial charge in [-0.3, -0.25) is 0 Å². The molecule has 0 aliphatic carbocycles. The van der Waals surface area contributed by atoms with Gasteiger partial charge in [0.25, 0.3) is 0 Å². The standard InChI is InChI=1S/C17H36BrN.BrH/c1-2-3-4-5-6-7-8-9-10-11-12-13-14-15-16-19-17-18;/h19H,2-17H2,1H3;1H. The maximum Gasteiger partial charge on any atom is 0.0517 e. The van der Waals surface area contributed by atoms with Crippen molar-refractivity contribution in [2.24, 2.45) is 0 Å².